The van der Waals surface area contributed by atoms with Crippen molar-refractivity contribution in [3.8, 4) is 28.7 Å². The number of likely N-dealkylation sites (tertiary alicyclic amines) is 1. The molecule has 10 heteroatoms. The predicted octanol–water partition coefficient (Wildman–Crippen LogP) is 3.29. The van der Waals surface area contributed by atoms with E-state index in [0.29, 0.717) is 48.3 Å². The first kappa shape index (κ1) is 27.4. The third-order valence-corrected chi connectivity index (χ3v) is 7.08. The fourth-order valence-electron chi connectivity index (χ4n) is 5.23. The molecule has 3 atom stereocenters. The fraction of sp³-hybridized carbons (Fsp3) is 0.500. The summed E-state index contributed by atoms with van der Waals surface area (Å²) in [6.45, 7) is 3.49. The molecule has 2 heterocycles. The minimum Gasteiger partial charge on any atom is -0.493 e. The van der Waals surface area contributed by atoms with Crippen molar-refractivity contribution in [2.24, 2.45) is 5.92 Å². The van der Waals surface area contributed by atoms with Crippen LogP contribution in [0, 0.1) is 5.92 Å². The molecule has 0 unspecified atom stereocenters. The minimum absolute atomic E-state index is 0.0785. The lowest BCUT2D eigenvalue weighted by Crippen LogP contribution is -2.43. The Morgan fingerprint density at radius 1 is 1.11 bits per heavy atom. The third-order valence-electron chi connectivity index (χ3n) is 7.08. The van der Waals surface area contributed by atoms with Gasteiger partial charge in [0.05, 0.1) is 33.3 Å². The molecule has 1 fully saturated rings. The molecule has 0 radical (unpaired) electrons. The number of amides is 1. The molecule has 1 saturated heterocycles. The Morgan fingerprint density at radius 2 is 1.87 bits per heavy atom. The highest BCUT2D eigenvalue weighted by Gasteiger charge is 2.47. The lowest BCUT2D eigenvalue weighted by Gasteiger charge is -2.26. The average Bonchev–Trinajstić information content (AvgIpc) is 3.53. The molecule has 0 spiro atoms. The summed E-state index contributed by atoms with van der Waals surface area (Å²) in [7, 11) is 3.11. The number of carboxylic acids is 1. The smallest absolute Gasteiger partial charge is 0.308 e. The van der Waals surface area contributed by atoms with Crippen LogP contribution in [0.3, 0.4) is 0 Å². The van der Waals surface area contributed by atoms with Gasteiger partial charge in [0.2, 0.25) is 18.4 Å². The summed E-state index contributed by atoms with van der Waals surface area (Å²) in [6, 6.07) is 10.5. The van der Waals surface area contributed by atoms with Crippen LogP contribution in [0.25, 0.3) is 0 Å². The van der Waals surface area contributed by atoms with Gasteiger partial charge in [0, 0.05) is 25.0 Å². The molecule has 4 rings (SSSR count). The number of carboxylic acid groups (broad SMARTS) is 1. The first-order valence-electron chi connectivity index (χ1n) is 12.9. The maximum absolute atomic E-state index is 12.8. The van der Waals surface area contributed by atoms with Gasteiger partial charge in [0.1, 0.15) is 0 Å². The minimum atomic E-state index is -0.928. The Kier molecular flexibility index (Phi) is 9.17. The van der Waals surface area contributed by atoms with E-state index in [1.807, 2.05) is 29.2 Å². The summed E-state index contributed by atoms with van der Waals surface area (Å²) in [4.78, 5) is 27.4. The number of carbonyl (C=O) groups excluding carboxylic acids is 1. The van der Waals surface area contributed by atoms with E-state index in [4.69, 9.17) is 23.7 Å². The van der Waals surface area contributed by atoms with Crippen LogP contribution in [0.5, 0.6) is 28.7 Å². The van der Waals surface area contributed by atoms with Gasteiger partial charge in [-0.2, -0.15) is 0 Å². The van der Waals surface area contributed by atoms with Gasteiger partial charge in [-0.15, -0.1) is 0 Å². The van der Waals surface area contributed by atoms with E-state index < -0.39 is 23.8 Å². The number of nitrogens with one attached hydrogen (secondary N) is 1. The van der Waals surface area contributed by atoms with Crippen LogP contribution < -0.4 is 29.0 Å². The van der Waals surface area contributed by atoms with Crippen molar-refractivity contribution < 1.29 is 38.4 Å². The summed E-state index contributed by atoms with van der Waals surface area (Å²) in [6.07, 6.45) is 2.27. The number of rotatable bonds is 13. The quantitative estimate of drug-likeness (QED) is 0.378. The molecular formula is C28H36N2O8. The molecule has 38 heavy (non-hydrogen) atoms. The third kappa shape index (κ3) is 6.07. The Morgan fingerprint density at radius 3 is 2.58 bits per heavy atom. The topological polar surface area (TPSA) is 116 Å². The highest BCUT2D eigenvalue weighted by Crippen LogP contribution is 2.47. The van der Waals surface area contributed by atoms with Gasteiger partial charge < -0.3 is 34.1 Å². The molecule has 2 aromatic rings. The Labute approximate surface area is 222 Å². The number of aliphatic carboxylic acids is 1. The molecule has 10 nitrogen and oxygen atoms in total. The van der Waals surface area contributed by atoms with Gasteiger partial charge in [0.25, 0.3) is 0 Å². The molecule has 2 aromatic carbocycles. The van der Waals surface area contributed by atoms with Gasteiger partial charge in [-0.1, -0.05) is 25.5 Å². The Bertz CT molecular complexity index is 1120. The van der Waals surface area contributed by atoms with Crippen LogP contribution in [0.4, 0.5) is 0 Å². The molecule has 206 valence electrons. The molecule has 0 bridgehead atoms. The second kappa shape index (κ2) is 12.7. The number of para-hydroxylation sites is 2. The van der Waals surface area contributed by atoms with Crippen molar-refractivity contribution in [2.75, 3.05) is 47.3 Å². The summed E-state index contributed by atoms with van der Waals surface area (Å²) in [5.41, 5.74) is 0.767. The van der Waals surface area contributed by atoms with Gasteiger partial charge in [-0.25, -0.2) is 0 Å². The number of fused-ring (bicyclic) bond motifs is 1. The summed E-state index contributed by atoms with van der Waals surface area (Å²) in [5, 5.41) is 13.3. The van der Waals surface area contributed by atoms with E-state index in [0.717, 1.165) is 18.4 Å². The monoisotopic (exact) mass is 528 g/mol. The highest BCUT2D eigenvalue weighted by molar-refractivity contribution is 5.79. The van der Waals surface area contributed by atoms with E-state index in [9.17, 15) is 14.7 Å². The standard InChI is InChI=1S/C28H36N2O8/c1-4-5-11-29-25(31)16-30-15-19(18-13-23(35-3)27-24(14-18)37-17-38-27)26(28(32)33)20(30)10-12-36-22-9-7-6-8-21(22)34-2/h6-9,13-14,19-20,26H,4-5,10-12,15-17H2,1-3H3,(H,29,31)(H,32,33)/t19-,20+,26-/m1/s1. The Hall–Kier alpha value is -3.66. The largest absolute Gasteiger partial charge is 0.493 e. The molecule has 2 N–H and O–H groups in total. The van der Waals surface area contributed by atoms with Crippen molar-refractivity contribution in [1.82, 2.24) is 10.2 Å². The first-order chi connectivity index (χ1) is 18.5. The molecule has 2 aliphatic rings. The second-order valence-electron chi connectivity index (χ2n) is 9.42. The number of ether oxygens (including phenoxy) is 5. The average molecular weight is 529 g/mol. The van der Waals surface area contributed by atoms with Crippen LogP contribution in [0.2, 0.25) is 0 Å². The number of carbonyl (C=O) groups is 2. The van der Waals surface area contributed by atoms with Crippen molar-refractivity contribution in [3.63, 3.8) is 0 Å². The molecular weight excluding hydrogens is 492 g/mol. The van der Waals surface area contributed by atoms with Crippen LogP contribution in [0.1, 0.15) is 37.7 Å². The predicted molar refractivity (Wildman–Crippen MR) is 139 cm³/mol. The van der Waals surface area contributed by atoms with E-state index >= 15 is 0 Å². The highest BCUT2D eigenvalue weighted by atomic mass is 16.7. The number of hydrogen-bond acceptors (Lipinski definition) is 8. The fourth-order valence-corrected chi connectivity index (χ4v) is 5.23. The number of nitrogens with zero attached hydrogens (tertiary/aromatic N) is 1. The van der Waals surface area contributed by atoms with E-state index in [-0.39, 0.29) is 25.9 Å². The van der Waals surface area contributed by atoms with Crippen molar-refractivity contribution >= 4 is 11.9 Å². The van der Waals surface area contributed by atoms with E-state index in [1.54, 1.807) is 19.2 Å². The molecule has 0 aliphatic carbocycles. The maximum Gasteiger partial charge on any atom is 0.308 e. The molecule has 1 amide bonds. The molecule has 0 aromatic heterocycles. The molecule has 0 saturated carbocycles. The number of hydrogen-bond donors (Lipinski definition) is 2. The zero-order valence-electron chi connectivity index (χ0n) is 22.1. The Balaban J connectivity index is 1.58. The van der Waals surface area contributed by atoms with E-state index in [1.165, 1.54) is 7.11 Å². The molecule has 2 aliphatic heterocycles. The first-order valence-corrected chi connectivity index (χ1v) is 12.9. The number of unbranched alkanes of at least 4 members (excludes halogenated alkanes) is 1. The van der Waals surface area contributed by atoms with Gasteiger partial charge in [-0.05, 0) is 42.7 Å². The summed E-state index contributed by atoms with van der Waals surface area (Å²) >= 11 is 0. The maximum atomic E-state index is 12.8. The van der Waals surface area contributed by atoms with Crippen molar-refractivity contribution in [3.05, 3.63) is 42.0 Å². The van der Waals surface area contributed by atoms with Crippen LogP contribution in [0.15, 0.2) is 36.4 Å². The lowest BCUT2D eigenvalue weighted by atomic mass is 9.84. The summed E-state index contributed by atoms with van der Waals surface area (Å²) in [5.74, 6) is 0.494. The van der Waals surface area contributed by atoms with Crippen LogP contribution in [-0.2, 0) is 9.59 Å². The SMILES string of the molecule is CCCCNC(=O)CN1C[C@H](c2cc(OC)c3c(c2)OCO3)[C@@H](C(=O)O)[C@@H]1CCOc1ccccc1OC. The second-order valence-corrected chi connectivity index (χ2v) is 9.42. The van der Waals surface area contributed by atoms with Crippen molar-refractivity contribution in [2.45, 2.75) is 38.1 Å². The lowest BCUT2D eigenvalue weighted by molar-refractivity contribution is -0.143. The zero-order chi connectivity index (χ0) is 27.1. The normalized spacial score (nSPS) is 20.2. The van der Waals surface area contributed by atoms with Crippen molar-refractivity contribution in [1.29, 1.82) is 0 Å². The van der Waals surface area contributed by atoms with Gasteiger partial charge >= 0.3 is 5.97 Å². The zero-order valence-corrected chi connectivity index (χ0v) is 22.1. The van der Waals surface area contributed by atoms with E-state index in [2.05, 4.69) is 12.2 Å². The van der Waals surface area contributed by atoms with Crippen LogP contribution >= 0.6 is 0 Å². The summed E-state index contributed by atoms with van der Waals surface area (Å²) < 4.78 is 28.0. The van der Waals surface area contributed by atoms with Crippen LogP contribution in [-0.4, -0.2) is 75.2 Å². The number of methoxy groups -OCH3 is 2. The van der Waals surface area contributed by atoms with Gasteiger partial charge in [0.15, 0.2) is 23.0 Å². The number of benzene rings is 2. The van der Waals surface area contributed by atoms with Gasteiger partial charge in [-0.3, -0.25) is 14.5 Å².